The lowest BCUT2D eigenvalue weighted by molar-refractivity contribution is -0.221. The molecule has 2 rings (SSSR count). The van der Waals surface area contributed by atoms with Gasteiger partial charge in [-0.2, -0.15) is 0 Å². The zero-order valence-corrected chi connectivity index (χ0v) is 10.0. The first-order valence-electron chi connectivity index (χ1n) is 5.91. The van der Waals surface area contributed by atoms with Crippen molar-refractivity contribution in [3.8, 4) is 0 Å². The quantitative estimate of drug-likeness (QED) is 0.451. The Morgan fingerprint density at radius 3 is 2.81 bits per heavy atom. The summed E-state index contributed by atoms with van der Waals surface area (Å²) in [6.07, 6.45) is 4.14. The van der Waals surface area contributed by atoms with Crippen LogP contribution in [0.4, 0.5) is 0 Å². The number of carbonyl (C=O) groups excluding carboxylic acids is 1. The standard InChI is InChI=1S/C13H20O3/c1-9-10-5-6-11(13(10,15)16-3)12(9,2)7-4-8-14/h8,10-11,15H,1,4-7H2,2-3H3/t10-,11+,12-,13-/m1/s1. The average molecular weight is 224 g/mol. The SMILES string of the molecule is C=C1[C@H]2CC[C@H]([C@]2(O)OC)[C@]1(C)CCC=O. The van der Waals surface area contributed by atoms with Crippen molar-refractivity contribution >= 4 is 6.29 Å². The number of hydrogen-bond acceptors (Lipinski definition) is 3. The fourth-order valence-corrected chi connectivity index (χ4v) is 3.79. The van der Waals surface area contributed by atoms with Gasteiger partial charge in [-0.15, -0.1) is 0 Å². The lowest BCUT2D eigenvalue weighted by Crippen LogP contribution is -2.39. The van der Waals surface area contributed by atoms with Gasteiger partial charge in [-0.05, 0) is 24.7 Å². The molecular formula is C13H20O3. The first kappa shape index (κ1) is 11.8. The van der Waals surface area contributed by atoms with E-state index in [1.54, 1.807) is 7.11 Å². The predicted molar refractivity (Wildman–Crippen MR) is 60.7 cm³/mol. The Balaban J connectivity index is 2.30. The molecule has 0 unspecified atom stereocenters. The maximum absolute atomic E-state index is 10.5. The van der Waals surface area contributed by atoms with Crippen molar-refractivity contribution in [2.45, 2.75) is 38.4 Å². The molecule has 90 valence electrons. The summed E-state index contributed by atoms with van der Waals surface area (Å²) in [5.41, 5.74) is 0.921. The van der Waals surface area contributed by atoms with E-state index in [0.717, 1.165) is 31.1 Å². The van der Waals surface area contributed by atoms with Gasteiger partial charge in [0.2, 0.25) is 0 Å². The third-order valence-corrected chi connectivity index (χ3v) is 4.77. The Morgan fingerprint density at radius 1 is 1.62 bits per heavy atom. The second-order valence-electron chi connectivity index (χ2n) is 5.29. The number of rotatable bonds is 4. The molecule has 0 aromatic heterocycles. The molecule has 2 aliphatic carbocycles. The van der Waals surface area contributed by atoms with E-state index in [4.69, 9.17) is 4.74 Å². The van der Waals surface area contributed by atoms with Gasteiger partial charge in [0.1, 0.15) is 6.29 Å². The highest BCUT2D eigenvalue weighted by molar-refractivity contribution is 5.50. The monoisotopic (exact) mass is 224 g/mol. The molecule has 0 heterocycles. The summed E-state index contributed by atoms with van der Waals surface area (Å²) < 4.78 is 5.34. The van der Waals surface area contributed by atoms with Crippen LogP contribution in [-0.4, -0.2) is 24.3 Å². The third kappa shape index (κ3) is 1.25. The number of aldehydes is 1. The largest absolute Gasteiger partial charge is 0.365 e. The van der Waals surface area contributed by atoms with Crippen LogP contribution in [0.3, 0.4) is 0 Å². The van der Waals surface area contributed by atoms with Crippen molar-refractivity contribution < 1.29 is 14.6 Å². The molecule has 2 aliphatic rings. The van der Waals surface area contributed by atoms with E-state index < -0.39 is 5.79 Å². The molecule has 4 atom stereocenters. The van der Waals surface area contributed by atoms with Crippen molar-refractivity contribution in [2.24, 2.45) is 17.3 Å². The zero-order valence-electron chi connectivity index (χ0n) is 10.0. The Hall–Kier alpha value is -0.670. The fourth-order valence-electron chi connectivity index (χ4n) is 3.79. The summed E-state index contributed by atoms with van der Waals surface area (Å²) >= 11 is 0. The summed E-state index contributed by atoms with van der Waals surface area (Å²) in [5.74, 6) is -0.920. The number of carbonyl (C=O) groups is 1. The molecular weight excluding hydrogens is 204 g/mol. The molecule has 0 saturated heterocycles. The Labute approximate surface area is 96.5 Å². The van der Waals surface area contributed by atoms with E-state index in [0.29, 0.717) is 6.42 Å². The van der Waals surface area contributed by atoms with Crippen LogP contribution in [0.25, 0.3) is 0 Å². The van der Waals surface area contributed by atoms with Gasteiger partial charge in [-0.1, -0.05) is 19.1 Å². The third-order valence-electron chi connectivity index (χ3n) is 4.77. The minimum atomic E-state index is -1.05. The summed E-state index contributed by atoms with van der Waals surface area (Å²) in [4.78, 5) is 10.5. The Bertz CT molecular complexity index is 325. The van der Waals surface area contributed by atoms with Crippen LogP contribution in [0.15, 0.2) is 12.2 Å². The molecule has 2 bridgehead atoms. The van der Waals surface area contributed by atoms with Gasteiger partial charge < -0.3 is 14.6 Å². The highest BCUT2D eigenvalue weighted by Gasteiger charge is 2.65. The van der Waals surface area contributed by atoms with Gasteiger partial charge >= 0.3 is 0 Å². The number of hydrogen-bond donors (Lipinski definition) is 1. The smallest absolute Gasteiger partial charge is 0.175 e. The van der Waals surface area contributed by atoms with E-state index in [1.807, 2.05) is 0 Å². The number of ether oxygens (including phenoxy) is 1. The number of methoxy groups -OCH3 is 1. The van der Waals surface area contributed by atoms with E-state index >= 15 is 0 Å². The maximum Gasteiger partial charge on any atom is 0.175 e. The molecule has 3 heteroatoms. The lowest BCUT2D eigenvalue weighted by Gasteiger charge is -2.36. The highest BCUT2D eigenvalue weighted by atomic mass is 16.6. The summed E-state index contributed by atoms with van der Waals surface area (Å²) in [7, 11) is 1.56. The van der Waals surface area contributed by atoms with Gasteiger partial charge in [0.15, 0.2) is 5.79 Å². The van der Waals surface area contributed by atoms with Gasteiger partial charge in [-0.3, -0.25) is 0 Å². The van der Waals surface area contributed by atoms with Crippen molar-refractivity contribution in [3.63, 3.8) is 0 Å². The van der Waals surface area contributed by atoms with Gasteiger partial charge in [-0.25, -0.2) is 0 Å². The second-order valence-corrected chi connectivity index (χ2v) is 5.29. The molecule has 0 radical (unpaired) electrons. The molecule has 0 aromatic carbocycles. The van der Waals surface area contributed by atoms with Gasteiger partial charge in [0.25, 0.3) is 0 Å². The molecule has 0 spiro atoms. The van der Waals surface area contributed by atoms with Crippen LogP contribution in [0, 0.1) is 17.3 Å². The van der Waals surface area contributed by atoms with Crippen LogP contribution in [0.1, 0.15) is 32.6 Å². The van der Waals surface area contributed by atoms with E-state index in [-0.39, 0.29) is 17.3 Å². The maximum atomic E-state index is 10.5. The van der Waals surface area contributed by atoms with Crippen molar-refractivity contribution in [3.05, 3.63) is 12.2 Å². The summed E-state index contributed by atoms with van der Waals surface area (Å²) in [5, 5.41) is 10.5. The predicted octanol–water partition coefficient (Wildman–Crippen LogP) is 1.90. The molecule has 16 heavy (non-hydrogen) atoms. The van der Waals surface area contributed by atoms with Crippen molar-refractivity contribution in [2.75, 3.05) is 7.11 Å². The molecule has 0 amide bonds. The van der Waals surface area contributed by atoms with E-state index in [9.17, 15) is 9.90 Å². The van der Waals surface area contributed by atoms with Crippen LogP contribution in [0.5, 0.6) is 0 Å². The first-order chi connectivity index (χ1) is 7.50. The minimum absolute atomic E-state index is 0.0409. The van der Waals surface area contributed by atoms with Crippen LogP contribution in [-0.2, 0) is 9.53 Å². The van der Waals surface area contributed by atoms with E-state index in [2.05, 4.69) is 13.5 Å². The number of aliphatic hydroxyl groups is 1. The minimum Gasteiger partial charge on any atom is -0.365 e. The lowest BCUT2D eigenvalue weighted by atomic mass is 9.69. The first-order valence-corrected chi connectivity index (χ1v) is 5.91. The van der Waals surface area contributed by atoms with Gasteiger partial charge in [0, 0.05) is 25.4 Å². The molecule has 3 nitrogen and oxygen atoms in total. The normalized spacial score (nSPS) is 46.3. The highest BCUT2D eigenvalue weighted by Crippen LogP contribution is 2.65. The molecule has 2 fully saturated rings. The van der Waals surface area contributed by atoms with Crippen molar-refractivity contribution in [1.29, 1.82) is 0 Å². The van der Waals surface area contributed by atoms with Crippen molar-refractivity contribution in [1.82, 2.24) is 0 Å². The Kier molecular flexibility index (Phi) is 2.71. The van der Waals surface area contributed by atoms with Gasteiger partial charge in [0.05, 0.1) is 0 Å². The number of fused-ring (bicyclic) bond motifs is 2. The zero-order chi connectivity index (χ0) is 12.0. The van der Waals surface area contributed by atoms with E-state index in [1.165, 1.54) is 0 Å². The Morgan fingerprint density at radius 2 is 2.31 bits per heavy atom. The second kappa shape index (κ2) is 3.67. The van der Waals surface area contributed by atoms with Crippen LogP contribution < -0.4 is 0 Å². The molecule has 2 saturated carbocycles. The molecule has 0 aromatic rings. The topological polar surface area (TPSA) is 46.5 Å². The molecule has 0 aliphatic heterocycles. The van der Waals surface area contributed by atoms with Crippen LogP contribution >= 0.6 is 0 Å². The summed E-state index contributed by atoms with van der Waals surface area (Å²) in [6, 6.07) is 0. The average Bonchev–Trinajstić information content (AvgIpc) is 2.69. The molecule has 1 N–H and O–H groups in total. The van der Waals surface area contributed by atoms with Crippen LogP contribution in [0.2, 0.25) is 0 Å². The fraction of sp³-hybridized carbons (Fsp3) is 0.769. The summed E-state index contributed by atoms with van der Waals surface area (Å²) in [6.45, 7) is 6.23.